The average Bonchev–Trinajstić information content (AvgIpc) is 3.22. The van der Waals surface area contributed by atoms with Crippen LogP contribution in [0.3, 0.4) is 0 Å². The first-order chi connectivity index (χ1) is 13.8. The Balaban J connectivity index is 1.50. The highest BCUT2D eigenvalue weighted by molar-refractivity contribution is 5.67. The summed E-state index contributed by atoms with van der Waals surface area (Å²) in [5.41, 5.74) is 1.34. The zero-order valence-corrected chi connectivity index (χ0v) is 14.9. The van der Waals surface area contributed by atoms with Crippen molar-refractivity contribution in [2.24, 2.45) is 0 Å². The third-order valence-electron chi connectivity index (χ3n) is 3.54. The number of hydrogen-bond acceptors (Lipinski definition) is 8. The number of rotatable bonds is 6. The van der Waals surface area contributed by atoms with Gasteiger partial charge in [0.15, 0.2) is 0 Å². The number of carbonyl (C=O) groups excluding carboxylic acids is 1. The van der Waals surface area contributed by atoms with Crippen LogP contribution in [-0.4, -0.2) is 33.3 Å². The van der Waals surface area contributed by atoms with Crippen LogP contribution >= 0.6 is 0 Å². The molecule has 0 unspecified atom stereocenters. The zero-order valence-electron chi connectivity index (χ0n) is 14.9. The number of amides is 1. The van der Waals surface area contributed by atoms with Gasteiger partial charge in [-0.2, -0.15) is 18.2 Å². The van der Waals surface area contributed by atoms with Gasteiger partial charge in [0, 0.05) is 23.5 Å². The molecule has 3 rings (SSSR count). The van der Waals surface area contributed by atoms with Crippen molar-refractivity contribution in [2.45, 2.75) is 19.3 Å². The maximum atomic E-state index is 12.5. The Morgan fingerprint density at radius 2 is 2.07 bits per heavy atom. The lowest BCUT2D eigenvalue weighted by Crippen LogP contribution is -2.24. The summed E-state index contributed by atoms with van der Waals surface area (Å²) in [6, 6.07) is 4.65. The standard InChI is InChI=1S/C17H14F3N5O4/c1-27-13-4-10(5-21-8-13)9-28-16(26)23-7-12-3-2-11(6-22-12)14-24-15(29-25-14)17(18,19)20/h2-6,8H,7,9H2,1H3,(H,23,26). The number of ether oxygens (including phenoxy) is 2. The van der Waals surface area contributed by atoms with Crippen molar-refractivity contribution in [3.8, 4) is 17.1 Å². The summed E-state index contributed by atoms with van der Waals surface area (Å²) in [5, 5.41) is 5.78. The first kappa shape index (κ1) is 20.0. The van der Waals surface area contributed by atoms with Crippen LogP contribution in [0.25, 0.3) is 11.4 Å². The lowest BCUT2D eigenvalue weighted by atomic mass is 10.2. The van der Waals surface area contributed by atoms with Crippen LogP contribution in [-0.2, 0) is 24.1 Å². The molecule has 0 saturated carbocycles. The number of alkyl carbamates (subject to hydrolysis) is 1. The Labute approximate surface area is 161 Å². The van der Waals surface area contributed by atoms with Gasteiger partial charge in [0.25, 0.3) is 0 Å². The molecular formula is C17H14F3N5O4. The molecule has 0 radical (unpaired) electrons. The molecule has 0 saturated heterocycles. The minimum atomic E-state index is -4.72. The van der Waals surface area contributed by atoms with Crippen LogP contribution in [0.1, 0.15) is 17.1 Å². The van der Waals surface area contributed by atoms with E-state index in [0.29, 0.717) is 17.0 Å². The minimum Gasteiger partial charge on any atom is -0.495 e. The Bertz CT molecular complexity index is 976. The summed E-state index contributed by atoms with van der Waals surface area (Å²) in [6.45, 7) is 0.0529. The van der Waals surface area contributed by atoms with Gasteiger partial charge in [-0.1, -0.05) is 5.16 Å². The smallest absolute Gasteiger partial charge is 0.471 e. The highest BCUT2D eigenvalue weighted by atomic mass is 19.4. The average molecular weight is 409 g/mol. The van der Waals surface area contributed by atoms with Gasteiger partial charge < -0.3 is 19.3 Å². The van der Waals surface area contributed by atoms with E-state index >= 15 is 0 Å². The van der Waals surface area contributed by atoms with Gasteiger partial charge in [-0.05, 0) is 18.2 Å². The number of aromatic nitrogens is 4. The highest BCUT2D eigenvalue weighted by Gasteiger charge is 2.38. The van der Waals surface area contributed by atoms with Gasteiger partial charge in [0.2, 0.25) is 5.82 Å². The molecule has 0 aliphatic carbocycles. The maximum absolute atomic E-state index is 12.5. The quantitative estimate of drug-likeness (QED) is 0.661. The third kappa shape index (κ3) is 5.40. The maximum Gasteiger partial charge on any atom is 0.471 e. The van der Waals surface area contributed by atoms with E-state index in [1.807, 2.05) is 0 Å². The van der Waals surface area contributed by atoms with Crippen LogP contribution in [0, 0.1) is 0 Å². The van der Waals surface area contributed by atoms with Crippen LogP contribution in [0.2, 0.25) is 0 Å². The molecule has 0 spiro atoms. The van der Waals surface area contributed by atoms with Gasteiger partial charge in [-0.25, -0.2) is 4.79 Å². The normalized spacial score (nSPS) is 11.2. The third-order valence-corrected chi connectivity index (χ3v) is 3.54. The molecule has 1 N–H and O–H groups in total. The summed E-state index contributed by atoms with van der Waals surface area (Å²) in [5.74, 6) is -1.14. The lowest BCUT2D eigenvalue weighted by molar-refractivity contribution is -0.159. The van der Waals surface area contributed by atoms with E-state index in [1.54, 1.807) is 6.07 Å². The molecule has 3 aromatic rings. The van der Waals surface area contributed by atoms with Gasteiger partial charge in [-0.15, -0.1) is 0 Å². The van der Waals surface area contributed by atoms with Crippen molar-refractivity contribution in [1.29, 1.82) is 0 Å². The van der Waals surface area contributed by atoms with E-state index in [0.717, 1.165) is 0 Å². The SMILES string of the molecule is COc1cncc(COC(=O)NCc2ccc(-c3noc(C(F)(F)F)n3)cn2)c1. The van der Waals surface area contributed by atoms with Gasteiger partial charge >= 0.3 is 18.2 Å². The minimum absolute atomic E-state index is 0.00175. The number of carbonyl (C=O) groups is 1. The molecule has 0 bridgehead atoms. The number of hydrogen-bond donors (Lipinski definition) is 1. The second-order valence-corrected chi connectivity index (χ2v) is 5.62. The van der Waals surface area contributed by atoms with Crippen LogP contribution in [0.4, 0.5) is 18.0 Å². The van der Waals surface area contributed by atoms with E-state index < -0.39 is 18.2 Å². The topological polar surface area (TPSA) is 112 Å². The first-order valence-corrected chi connectivity index (χ1v) is 8.10. The fraction of sp³-hybridized carbons (Fsp3) is 0.235. The van der Waals surface area contributed by atoms with Crippen molar-refractivity contribution in [3.63, 3.8) is 0 Å². The number of nitrogens with one attached hydrogen (secondary N) is 1. The van der Waals surface area contributed by atoms with E-state index in [9.17, 15) is 18.0 Å². The van der Waals surface area contributed by atoms with Crippen molar-refractivity contribution in [3.05, 3.63) is 53.9 Å². The Kier molecular flexibility index (Phi) is 5.90. The largest absolute Gasteiger partial charge is 0.495 e. The molecule has 0 atom stereocenters. The molecule has 1 amide bonds. The Morgan fingerprint density at radius 1 is 1.24 bits per heavy atom. The van der Waals surface area contributed by atoms with Crippen molar-refractivity contribution in [2.75, 3.05) is 7.11 Å². The fourth-order valence-corrected chi connectivity index (χ4v) is 2.13. The highest BCUT2D eigenvalue weighted by Crippen LogP contribution is 2.29. The van der Waals surface area contributed by atoms with E-state index in [1.165, 1.54) is 37.8 Å². The van der Waals surface area contributed by atoms with E-state index in [4.69, 9.17) is 9.47 Å². The van der Waals surface area contributed by atoms with Gasteiger partial charge in [0.1, 0.15) is 12.4 Å². The van der Waals surface area contributed by atoms with Gasteiger partial charge in [-0.3, -0.25) is 9.97 Å². The molecule has 29 heavy (non-hydrogen) atoms. The summed E-state index contributed by atoms with van der Waals surface area (Å²) in [7, 11) is 1.50. The second-order valence-electron chi connectivity index (χ2n) is 5.62. The molecule has 12 heteroatoms. The van der Waals surface area contributed by atoms with Crippen molar-refractivity contribution in [1.82, 2.24) is 25.4 Å². The van der Waals surface area contributed by atoms with Gasteiger partial charge in [0.05, 0.1) is 25.5 Å². The molecule has 0 fully saturated rings. The van der Waals surface area contributed by atoms with Crippen molar-refractivity contribution >= 4 is 6.09 Å². The first-order valence-electron chi connectivity index (χ1n) is 8.10. The predicted octanol–water partition coefficient (Wildman–Crippen LogP) is 2.98. The Morgan fingerprint density at radius 3 is 2.72 bits per heavy atom. The fourth-order valence-electron chi connectivity index (χ4n) is 2.13. The molecule has 0 aliphatic heterocycles. The van der Waals surface area contributed by atoms with Crippen LogP contribution < -0.4 is 10.1 Å². The monoisotopic (exact) mass is 409 g/mol. The Hall–Kier alpha value is -3.70. The molecular weight excluding hydrogens is 395 g/mol. The molecule has 9 nitrogen and oxygen atoms in total. The zero-order chi connectivity index (χ0) is 20.9. The molecule has 0 aromatic carbocycles. The number of alkyl halides is 3. The number of methoxy groups -OCH3 is 1. The number of pyridine rings is 2. The van der Waals surface area contributed by atoms with E-state index in [2.05, 4.69) is 29.9 Å². The summed E-state index contributed by atoms with van der Waals surface area (Å²) in [6.07, 6.45) is -1.05. The predicted molar refractivity (Wildman–Crippen MR) is 90.3 cm³/mol. The molecule has 0 aliphatic rings. The second kappa shape index (κ2) is 8.54. The van der Waals surface area contributed by atoms with E-state index in [-0.39, 0.29) is 24.5 Å². The van der Waals surface area contributed by atoms with Crippen molar-refractivity contribution < 1.29 is 32.0 Å². The lowest BCUT2D eigenvalue weighted by Gasteiger charge is -2.07. The molecule has 3 heterocycles. The van der Waals surface area contributed by atoms with Crippen LogP contribution in [0.15, 0.2) is 41.3 Å². The summed E-state index contributed by atoms with van der Waals surface area (Å²) >= 11 is 0. The summed E-state index contributed by atoms with van der Waals surface area (Å²) < 4.78 is 51.7. The summed E-state index contributed by atoms with van der Waals surface area (Å²) in [4.78, 5) is 23.0. The molecule has 152 valence electrons. The molecule has 3 aromatic heterocycles. The number of halogens is 3. The van der Waals surface area contributed by atoms with Crippen LogP contribution in [0.5, 0.6) is 5.75 Å². The number of nitrogens with zero attached hydrogens (tertiary/aromatic N) is 4.